The number of aliphatic carboxylic acids is 1. The first-order valence-corrected chi connectivity index (χ1v) is 8.69. The number of carboxylic acid groups (broad SMARTS) is 1. The Morgan fingerprint density at radius 1 is 1.24 bits per heavy atom. The number of primary sulfonamides is 1. The number of hydrogen-bond acceptors (Lipinski definition) is 4. The highest BCUT2D eigenvalue weighted by atomic mass is 32.2. The highest BCUT2D eigenvalue weighted by molar-refractivity contribution is 7.89. The van der Waals surface area contributed by atoms with Crippen LogP contribution in [-0.4, -0.2) is 29.3 Å². The molecule has 0 unspecified atom stereocenters. The molecule has 0 radical (unpaired) electrons. The molecular weight excluding hydrogens is 294 g/mol. The van der Waals surface area contributed by atoms with Crippen LogP contribution < -0.4 is 5.14 Å². The number of nitrogens with two attached hydrogens (primary N) is 1. The van der Waals surface area contributed by atoms with E-state index in [1.807, 2.05) is 13.8 Å². The van der Waals surface area contributed by atoms with Gasteiger partial charge in [0.1, 0.15) is 4.90 Å². The molecular formula is C13H23N3O4S. The summed E-state index contributed by atoms with van der Waals surface area (Å²) in [5.41, 5.74) is 1.13. The van der Waals surface area contributed by atoms with Crippen LogP contribution in [0.15, 0.2) is 4.90 Å². The largest absolute Gasteiger partial charge is 0.481 e. The molecule has 0 saturated heterocycles. The number of carbonyl (C=O) groups is 1. The van der Waals surface area contributed by atoms with E-state index < -0.39 is 16.0 Å². The molecule has 0 atom stereocenters. The zero-order valence-electron chi connectivity index (χ0n) is 12.5. The number of carboxylic acids is 1. The van der Waals surface area contributed by atoms with Gasteiger partial charge in [0.05, 0.1) is 11.4 Å². The van der Waals surface area contributed by atoms with Crippen molar-refractivity contribution in [3.8, 4) is 0 Å². The average Bonchev–Trinajstić information content (AvgIpc) is 2.75. The molecule has 3 N–H and O–H groups in total. The maximum absolute atomic E-state index is 11.7. The highest BCUT2D eigenvalue weighted by Gasteiger charge is 2.23. The number of aryl methyl sites for hydroxylation is 2. The predicted molar refractivity (Wildman–Crippen MR) is 78.5 cm³/mol. The summed E-state index contributed by atoms with van der Waals surface area (Å²) in [4.78, 5) is 10.6. The van der Waals surface area contributed by atoms with Crippen molar-refractivity contribution in [2.24, 2.45) is 5.14 Å². The van der Waals surface area contributed by atoms with Crippen LogP contribution >= 0.6 is 0 Å². The van der Waals surface area contributed by atoms with Crippen molar-refractivity contribution < 1.29 is 18.3 Å². The van der Waals surface area contributed by atoms with Crippen molar-refractivity contribution in [1.29, 1.82) is 0 Å². The quantitative estimate of drug-likeness (QED) is 0.666. The Hall–Kier alpha value is -1.41. The van der Waals surface area contributed by atoms with E-state index in [-0.39, 0.29) is 11.3 Å². The Labute approximate surface area is 125 Å². The van der Waals surface area contributed by atoms with Crippen LogP contribution in [0.5, 0.6) is 0 Å². The Bertz CT molecular complexity index is 593. The van der Waals surface area contributed by atoms with Gasteiger partial charge in [-0.05, 0) is 25.7 Å². The Morgan fingerprint density at radius 2 is 1.90 bits per heavy atom. The minimum absolute atomic E-state index is 0.151. The fourth-order valence-corrected chi connectivity index (χ4v) is 3.43. The molecule has 1 heterocycles. The third-order valence-electron chi connectivity index (χ3n) is 3.29. The molecule has 0 bridgehead atoms. The second-order valence-corrected chi connectivity index (χ2v) is 6.40. The number of rotatable bonds is 9. The van der Waals surface area contributed by atoms with Crippen LogP contribution in [0.1, 0.15) is 50.9 Å². The van der Waals surface area contributed by atoms with Gasteiger partial charge in [-0.25, -0.2) is 13.6 Å². The van der Waals surface area contributed by atoms with E-state index in [4.69, 9.17) is 10.2 Å². The molecule has 1 rings (SSSR count). The summed E-state index contributed by atoms with van der Waals surface area (Å²) in [7, 11) is -3.78. The van der Waals surface area contributed by atoms with Crippen LogP contribution in [0.4, 0.5) is 0 Å². The lowest BCUT2D eigenvalue weighted by molar-refractivity contribution is -0.137. The van der Waals surface area contributed by atoms with Gasteiger partial charge in [0, 0.05) is 13.0 Å². The third-order valence-corrected chi connectivity index (χ3v) is 4.33. The molecule has 7 nitrogen and oxygen atoms in total. The smallest absolute Gasteiger partial charge is 0.303 e. The molecule has 1 aromatic heterocycles. The van der Waals surface area contributed by atoms with Crippen LogP contribution in [-0.2, 0) is 34.2 Å². The molecule has 120 valence electrons. The molecule has 0 spiro atoms. The maximum Gasteiger partial charge on any atom is 0.303 e. The summed E-state index contributed by atoms with van der Waals surface area (Å²) in [6.07, 6.45) is 3.33. The lowest BCUT2D eigenvalue weighted by Gasteiger charge is -2.06. The van der Waals surface area contributed by atoms with Crippen LogP contribution in [0.2, 0.25) is 0 Å². The Kier molecular flexibility index (Phi) is 6.35. The van der Waals surface area contributed by atoms with Crippen molar-refractivity contribution in [3.05, 3.63) is 11.4 Å². The molecule has 1 aromatic rings. The lowest BCUT2D eigenvalue weighted by atomic mass is 10.2. The van der Waals surface area contributed by atoms with Gasteiger partial charge >= 0.3 is 5.97 Å². The van der Waals surface area contributed by atoms with Crippen molar-refractivity contribution >= 4 is 16.0 Å². The first-order chi connectivity index (χ1) is 9.81. The molecule has 8 heteroatoms. The van der Waals surface area contributed by atoms with Crippen LogP contribution in [0.3, 0.4) is 0 Å². The predicted octanol–water partition coefficient (Wildman–Crippen LogP) is 1.30. The highest BCUT2D eigenvalue weighted by Crippen LogP contribution is 2.21. The van der Waals surface area contributed by atoms with Gasteiger partial charge < -0.3 is 5.11 Å². The summed E-state index contributed by atoms with van der Waals surface area (Å²) in [6, 6.07) is 0. The van der Waals surface area contributed by atoms with E-state index in [0.717, 1.165) is 12.8 Å². The summed E-state index contributed by atoms with van der Waals surface area (Å²) < 4.78 is 25.1. The van der Waals surface area contributed by atoms with Gasteiger partial charge in [0.15, 0.2) is 0 Å². The molecule has 0 amide bonds. The summed E-state index contributed by atoms with van der Waals surface area (Å²) >= 11 is 0. The Morgan fingerprint density at radius 3 is 2.38 bits per heavy atom. The standard InChI is InChI=1S/C13H23N3O4S/c1-3-10-13(21(14,19)20)11(4-2)16(15-10)9-7-5-6-8-12(17)18/h3-9H2,1-2H3,(H,17,18)(H2,14,19,20). The SMILES string of the molecule is CCc1nn(CCCCCC(=O)O)c(CC)c1S(N)(=O)=O. The van der Waals surface area contributed by atoms with Crippen molar-refractivity contribution in [2.45, 2.75) is 63.8 Å². The van der Waals surface area contributed by atoms with Gasteiger partial charge in [-0.2, -0.15) is 5.10 Å². The third kappa shape index (κ3) is 4.82. The second-order valence-electron chi connectivity index (χ2n) is 4.90. The fraction of sp³-hybridized carbons (Fsp3) is 0.692. The topological polar surface area (TPSA) is 115 Å². The van der Waals surface area contributed by atoms with Gasteiger partial charge in [-0.3, -0.25) is 9.48 Å². The van der Waals surface area contributed by atoms with Gasteiger partial charge in [-0.15, -0.1) is 0 Å². The van der Waals surface area contributed by atoms with Gasteiger partial charge in [0.2, 0.25) is 10.0 Å². The minimum Gasteiger partial charge on any atom is -0.481 e. The first kappa shape index (κ1) is 17.6. The zero-order chi connectivity index (χ0) is 16.0. The average molecular weight is 317 g/mol. The van der Waals surface area contributed by atoms with Gasteiger partial charge in [-0.1, -0.05) is 20.3 Å². The van der Waals surface area contributed by atoms with Gasteiger partial charge in [0.25, 0.3) is 0 Å². The van der Waals surface area contributed by atoms with Crippen LogP contribution in [0.25, 0.3) is 0 Å². The number of unbranched alkanes of at least 4 members (excludes halogenated alkanes) is 2. The molecule has 0 aromatic carbocycles. The summed E-state index contributed by atoms with van der Waals surface area (Å²) in [5, 5.41) is 18.2. The fourth-order valence-electron chi connectivity index (χ4n) is 2.34. The molecule has 0 aliphatic heterocycles. The molecule has 0 fully saturated rings. The summed E-state index contributed by atoms with van der Waals surface area (Å²) in [6.45, 7) is 4.28. The van der Waals surface area contributed by atoms with E-state index in [1.54, 1.807) is 4.68 Å². The number of aromatic nitrogens is 2. The van der Waals surface area contributed by atoms with E-state index in [2.05, 4.69) is 5.10 Å². The normalized spacial score (nSPS) is 11.8. The van der Waals surface area contributed by atoms with E-state index >= 15 is 0 Å². The van der Waals surface area contributed by atoms with E-state index in [9.17, 15) is 13.2 Å². The number of sulfonamides is 1. The monoisotopic (exact) mass is 317 g/mol. The molecule has 0 aliphatic rings. The van der Waals surface area contributed by atoms with Crippen molar-refractivity contribution in [3.63, 3.8) is 0 Å². The van der Waals surface area contributed by atoms with Crippen molar-refractivity contribution in [1.82, 2.24) is 9.78 Å². The van der Waals surface area contributed by atoms with E-state index in [0.29, 0.717) is 37.2 Å². The van der Waals surface area contributed by atoms with Crippen LogP contribution in [0, 0.1) is 0 Å². The zero-order valence-corrected chi connectivity index (χ0v) is 13.3. The van der Waals surface area contributed by atoms with Crippen molar-refractivity contribution in [2.75, 3.05) is 0 Å². The lowest BCUT2D eigenvalue weighted by Crippen LogP contribution is -2.16. The van der Waals surface area contributed by atoms with E-state index in [1.165, 1.54) is 0 Å². The molecule has 0 saturated carbocycles. The molecule has 0 aliphatic carbocycles. The maximum atomic E-state index is 11.7. The number of nitrogens with zero attached hydrogens (tertiary/aromatic N) is 2. The molecule has 21 heavy (non-hydrogen) atoms. The minimum atomic E-state index is -3.78. The Balaban J connectivity index is 2.84. The number of hydrogen-bond donors (Lipinski definition) is 2. The second kappa shape index (κ2) is 7.56. The summed E-state index contributed by atoms with van der Waals surface area (Å²) in [5.74, 6) is -0.798. The first-order valence-electron chi connectivity index (χ1n) is 7.14.